The summed E-state index contributed by atoms with van der Waals surface area (Å²) in [4.78, 5) is 42.4. The number of carbonyl (C=O) groups is 2. The molecule has 0 aliphatic heterocycles. The van der Waals surface area contributed by atoms with E-state index < -0.39 is 5.97 Å². The minimum atomic E-state index is -0.493. The van der Waals surface area contributed by atoms with Crippen molar-refractivity contribution in [2.45, 2.75) is 44.8 Å². The molecule has 3 rings (SSSR count). The number of rotatable bonds is 10. The zero-order valence-corrected chi connectivity index (χ0v) is 20.9. The maximum atomic E-state index is 13.2. The Balaban J connectivity index is 1.79. The maximum absolute atomic E-state index is 13.2. The highest BCUT2D eigenvalue weighted by Crippen LogP contribution is 2.21. The van der Waals surface area contributed by atoms with Crippen LogP contribution in [0.2, 0.25) is 0 Å². The van der Waals surface area contributed by atoms with Gasteiger partial charge in [-0.05, 0) is 36.1 Å². The van der Waals surface area contributed by atoms with Crippen molar-refractivity contribution in [2.75, 3.05) is 19.4 Å². The number of ether oxygens (including phenoxy) is 1. The van der Waals surface area contributed by atoms with E-state index in [0.29, 0.717) is 34.7 Å². The Bertz CT molecular complexity index is 1210. The van der Waals surface area contributed by atoms with Gasteiger partial charge in [-0.25, -0.2) is 9.78 Å². The lowest BCUT2D eigenvalue weighted by Crippen LogP contribution is -2.30. The summed E-state index contributed by atoms with van der Waals surface area (Å²) in [5.74, 6) is -0.0149. The Morgan fingerprint density at radius 2 is 1.88 bits per heavy atom. The molecule has 1 amide bonds. The maximum Gasteiger partial charge on any atom is 0.337 e. The molecule has 0 bridgehead atoms. The largest absolute Gasteiger partial charge is 0.465 e. The zero-order valence-electron chi connectivity index (χ0n) is 20.0. The zero-order chi connectivity index (χ0) is 24.7. The highest BCUT2D eigenvalue weighted by atomic mass is 32.2. The number of aromatic nitrogens is 2. The fraction of sp³-hybridized carbons (Fsp3) is 0.385. The van der Waals surface area contributed by atoms with Crippen molar-refractivity contribution in [1.29, 1.82) is 0 Å². The molecule has 0 saturated heterocycles. The molecule has 0 saturated carbocycles. The van der Waals surface area contributed by atoms with Crippen LogP contribution < -0.4 is 10.9 Å². The average Bonchev–Trinajstić information content (AvgIpc) is 2.84. The molecular weight excluding hydrogens is 450 g/mol. The molecule has 3 aromatic rings. The van der Waals surface area contributed by atoms with Crippen molar-refractivity contribution in [1.82, 2.24) is 14.9 Å². The number of thioether (sulfide) groups is 1. The minimum absolute atomic E-state index is 0.117. The van der Waals surface area contributed by atoms with Gasteiger partial charge in [-0.2, -0.15) is 0 Å². The summed E-state index contributed by atoms with van der Waals surface area (Å²) in [5.41, 5.74) is 1.74. The van der Waals surface area contributed by atoms with Gasteiger partial charge >= 0.3 is 5.97 Å². The number of fused-ring (bicyclic) bond motifs is 1. The van der Waals surface area contributed by atoms with E-state index in [1.54, 1.807) is 22.8 Å². The molecule has 0 aliphatic rings. The van der Waals surface area contributed by atoms with Crippen LogP contribution in [0.3, 0.4) is 0 Å². The van der Waals surface area contributed by atoms with Crippen LogP contribution in [-0.2, 0) is 16.1 Å². The van der Waals surface area contributed by atoms with Crippen LogP contribution in [0.4, 0.5) is 0 Å². The van der Waals surface area contributed by atoms with Crippen molar-refractivity contribution >= 4 is 34.5 Å². The van der Waals surface area contributed by atoms with Gasteiger partial charge in [0.2, 0.25) is 5.91 Å². The molecule has 2 aromatic carbocycles. The van der Waals surface area contributed by atoms with E-state index in [9.17, 15) is 14.4 Å². The second kappa shape index (κ2) is 11.8. The van der Waals surface area contributed by atoms with Crippen LogP contribution in [0.1, 0.15) is 49.0 Å². The summed E-state index contributed by atoms with van der Waals surface area (Å²) in [6.45, 7) is 7.17. The van der Waals surface area contributed by atoms with Crippen molar-refractivity contribution in [3.63, 3.8) is 0 Å². The normalized spacial score (nSPS) is 12.0. The van der Waals surface area contributed by atoms with Gasteiger partial charge in [-0.3, -0.25) is 14.2 Å². The van der Waals surface area contributed by atoms with Gasteiger partial charge in [-0.15, -0.1) is 0 Å². The molecule has 1 heterocycles. The first-order valence-corrected chi connectivity index (χ1v) is 12.4. The predicted molar refractivity (Wildman–Crippen MR) is 135 cm³/mol. The Hall–Kier alpha value is -3.13. The smallest absolute Gasteiger partial charge is 0.337 e. The summed E-state index contributed by atoms with van der Waals surface area (Å²) in [5, 5.41) is 3.89. The lowest BCUT2D eigenvalue weighted by molar-refractivity contribution is -0.118. The molecule has 0 aliphatic carbocycles. The van der Waals surface area contributed by atoms with Crippen molar-refractivity contribution < 1.29 is 14.3 Å². The van der Waals surface area contributed by atoms with Crippen LogP contribution in [0.15, 0.2) is 58.5 Å². The third kappa shape index (κ3) is 6.26. The number of hydrogen-bond donors (Lipinski definition) is 1. The SMILES string of the molecule is CC[C@@H](CNC(=O)CSc1nc2cc(C(=O)OC)ccc2c(=O)n1CC(C)C)c1ccccc1. The van der Waals surface area contributed by atoms with Crippen LogP contribution in [0.25, 0.3) is 10.9 Å². The van der Waals surface area contributed by atoms with E-state index in [0.717, 1.165) is 6.42 Å². The number of carbonyl (C=O) groups excluding carboxylic acids is 2. The van der Waals surface area contributed by atoms with E-state index in [-0.39, 0.29) is 29.1 Å². The third-order valence-electron chi connectivity index (χ3n) is 5.53. The second-order valence-corrected chi connectivity index (χ2v) is 9.48. The molecule has 0 radical (unpaired) electrons. The Labute approximate surface area is 203 Å². The van der Waals surface area contributed by atoms with E-state index in [1.807, 2.05) is 32.0 Å². The fourth-order valence-corrected chi connectivity index (χ4v) is 4.56. The average molecular weight is 482 g/mol. The van der Waals surface area contributed by atoms with E-state index in [4.69, 9.17) is 4.74 Å². The highest BCUT2D eigenvalue weighted by molar-refractivity contribution is 7.99. The molecule has 0 spiro atoms. The molecule has 1 N–H and O–H groups in total. The monoisotopic (exact) mass is 481 g/mol. The summed E-state index contributed by atoms with van der Waals surface area (Å²) in [7, 11) is 1.31. The fourth-order valence-electron chi connectivity index (χ4n) is 3.72. The summed E-state index contributed by atoms with van der Waals surface area (Å²) < 4.78 is 6.39. The minimum Gasteiger partial charge on any atom is -0.465 e. The molecule has 1 aromatic heterocycles. The summed E-state index contributed by atoms with van der Waals surface area (Å²) in [6, 6.07) is 14.8. The number of esters is 1. The predicted octanol–water partition coefficient (Wildman–Crippen LogP) is 4.24. The van der Waals surface area contributed by atoms with E-state index in [2.05, 4.69) is 29.4 Å². The van der Waals surface area contributed by atoms with Crippen LogP contribution in [-0.4, -0.2) is 40.8 Å². The first kappa shape index (κ1) is 25.5. The third-order valence-corrected chi connectivity index (χ3v) is 6.51. The summed E-state index contributed by atoms with van der Waals surface area (Å²) in [6.07, 6.45) is 0.917. The molecule has 0 unspecified atom stereocenters. The van der Waals surface area contributed by atoms with Gasteiger partial charge in [0.1, 0.15) is 0 Å². The van der Waals surface area contributed by atoms with Crippen LogP contribution in [0.5, 0.6) is 0 Å². The molecular formula is C26H31N3O4S. The second-order valence-electron chi connectivity index (χ2n) is 8.54. The number of methoxy groups -OCH3 is 1. The van der Waals surface area contributed by atoms with Gasteiger partial charge in [0, 0.05) is 19.0 Å². The Morgan fingerprint density at radius 1 is 1.15 bits per heavy atom. The molecule has 0 fully saturated rings. The first-order valence-electron chi connectivity index (χ1n) is 11.4. The van der Waals surface area contributed by atoms with Crippen LogP contribution >= 0.6 is 11.8 Å². The van der Waals surface area contributed by atoms with Gasteiger partial charge in [0.05, 0.1) is 29.3 Å². The summed E-state index contributed by atoms with van der Waals surface area (Å²) >= 11 is 1.22. The van der Waals surface area contributed by atoms with Gasteiger partial charge in [-0.1, -0.05) is 62.9 Å². The number of amides is 1. The van der Waals surface area contributed by atoms with Gasteiger partial charge in [0.25, 0.3) is 5.56 Å². The first-order chi connectivity index (χ1) is 16.3. The van der Waals surface area contributed by atoms with Crippen molar-refractivity contribution in [3.05, 3.63) is 70.0 Å². The number of nitrogens with one attached hydrogen (secondary N) is 1. The number of hydrogen-bond acceptors (Lipinski definition) is 6. The van der Waals surface area contributed by atoms with Crippen molar-refractivity contribution in [2.24, 2.45) is 5.92 Å². The van der Waals surface area contributed by atoms with Crippen LogP contribution in [0, 0.1) is 5.92 Å². The number of benzene rings is 2. The van der Waals surface area contributed by atoms with E-state index >= 15 is 0 Å². The van der Waals surface area contributed by atoms with Gasteiger partial charge in [0.15, 0.2) is 5.16 Å². The quantitative estimate of drug-likeness (QED) is 0.265. The highest BCUT2D eigenvalue weighted by Gasteiger charge is 2.17. The molecule has 34 heavy (non-hydrogen) atoms. The molecule has 1 atom stereocenters. The van der Waals surface area contributed by atoms with Gasteiger partial charge < -0.3 is 10.1 Å². The molecule has 180 valence electrons. The topological polar surface area (TPSA) is 90.3 Å². The Kier molecular flexibility index (Phi) is 8.87. The van der Waals surface area contributed by atoms with E-state index in [1.165, 1.54) is 24.4 Å². The standard InChI is InChI=1S/C26H31N3O4S/c1-5-18(19-9-7-6-8-10-19)14-27-23(30)16-34-26-28-22-13-20(25(32)33-4)11-12-21(22)24(31)29(26)15-17(2)3/h6-13,17-18H,5,14-16H2,1-4H3,(H,27,30)/t18-/m0/s1. The molecule has 8 heteroatoms. The lowest BCUT2D eigenvalue weighted by Gasteiger charge is -2.17. The molecule has 7 nitrogen and oxygen atoms in total. The number of nitrogens with zero attached hydrogens (tertiary/aromatic N) is 2. The Morgan fingerprint density at radius 3 is 2.53 bits per heavy atom. The van der Waals surface area contributed by atoms with Crippen molar-refractivity contribution in [3.8, 4) is 0 Å². The lowest BCUT2D eigenvalue weighted by atomic mass is 9.96.